The fourth-order valence-electron chi connectivity index (χ4n) is 3.17. The van der Waals surface area contributed by atoms with E-state index in [1.165, 1.54) is 12.1 Å². The third kappa shape index (κ3) is 4.61. The first-order valence-electron chi connectivity index (χ1n) is 8.33. The predicted octanol–water partition coefficient (Wildman–Crippen LogP) is 1.30. The molecule has 0 bridgehead atoms. The van der Waals surface area contributed by atoms with Gasteiger partial charge in [0.1, 0.15) is 11.9 Å². The van der Waals surface area contributed by atoms with E-state index < -0.39 is 11.9 Å². The Morgan fingerprint density at radius 3 is 2.88 bits per heavy atom. The number of hydrogen-bond acceptors (Lipinski definition) is 6. The van der Waals surface area contributed by atoms with Crippen LogP contribution in [0, 0.1) is 12.7 Å². The van der Waals surface area contributed by atoms with E-state index >= 15 is 0 Å². The number of aromatic nitrogens is 2. The lowest BCUT2D eigenvalue weighted by Crippen LogP contribution is -2.49. The summed E-state index contributed by atoms with van der Waals surface area (Å²) in [5.74, 6) is 0.388. The van der Waals surface area contributed by atoms with Crippen molar-refractivity contribution in [3.05, 3.63) is 47.4 Å². The first kappa shape index (κ1) is 17.5. The molecule has 1 fully saturated rings. The Morgan fingerprint density at radius 1 is 1.48 bits per heavy atom. The molecular weight excluding hydrogens is 325 g/mol. The summed E-state index contributed by atoms with van der Waals surface area (Å²) in [7, 11) is 0. The lowest BCUT2D eigenvalue weighted by Gasteiger charge is -2.34. The van der Waals surface area contributed by atoms with Crippen molar-refractivity contribution in [3.63, 3.8) is 0 Å². The highest BCUT2D eigenvalue weighted by Gasteiger charge is 2.26. The standard InChI is InChI=1S/C17H22FN5O2/c1-11-20-15(22-25-11)10-23-8-2-3-14(9-23)21-16(17(19)24)12-4-6-13(18)7-5-12/h4-7,14,16,21H,2-3,8-10H2,1H3,(H2,19,24)/t14-,16-/m0/s1. The number of hydrogen-bond donors (Lipinski definition) is 2. The molecule has 0 spiro atoms. The maximum atomic E-state index is 13.1. The van der Waals surface area contributed by atoms with Crippen molar-refractivity contribution < 1.29 is 13.7 Å². The predicted molar refractivity (Wildman–Crippen MR) is 88.8 cm³/mol. The molecule has 2 heterocycles. The van der Waals surface area contributed by atoms with Gasteiger partial charge in [-0.15, -0.1) is 0 Å². The number of likely N-dealkylation sites (tertiary alicyclic amines) is 1. The molecule has 0 aliphatic carbocycles. The van der Waals surface area contributed by atoms with E-state index in [9.17, 15) is 9.18 Å². The molecular formula is C17H22FN5O2. The van der Waals surface area contributed by atoms with Crippen LogP contribution in [0.2, 0.25) is 0 Å². The van der Waals surface area contributed by atoms with Crippen molar-refractivity contribution in [3.8, 4) is 0 Å². The van der Waals surface area contributed by atoms with Gasteiger partial charge in [-0.2, -0.15) is 4.98 Å². The van der Waals surface area contributed by atoms with Crippen LogP contribution in [0.5, 0.6) is 0 Å². The highest BCUT2D eigenvalue weighted by molar-refractivity contribution is 5.81. The van der Waals surface area contributed by atoms with Crippen LogP contribution < -0.4 is 11.1 Å². The van der Waals surface area contributed by atoms with Crippen LogP contribution in [0.1, 0.15) is 36.2 Å². The SMILES string of the molecule is Cc1nc(CN2CCC[C@H](N[C@H](C(N)=O)c3ccc(F)cc3)C2)no1. The molecule has 134 valence electrons. The quantitative estimate of drug-likeness (QED) is 0.817. The monoisotopic (exact) mass is 347 g/mol. The van der Waals surface area contributed by atoms with E-state index in [-0.39, 0.29) is 11.9 Å². The first-order chi connectivity index (χ1) is 12.0. The fourth-order valence-corrected chi connectivity index (χ4v) is 3.17. The minimum atomic E-state index is -0.641. The fraction of sp³-hybridized carbons (Fsp3) is 0.471. The number of halogens is 1. The summed E-state index contributed by atoms with van der Waals surface area (Å²) >= 11 is 0. The van der Waals surface area contributed by atoms with Gasteiger partial charge in [-0.25, -0.2) is 4.39 Å². The number of benzene rings is 1. The van der Waals surface area contributed by atoms with Gasteiger partial charge in [0.2, 0.25) is 11.8 Å². The molecule has 0 radical (unpaired) electrons. The van der Waals surface area contributed by atoms with Gasteiger partial charge in [0.05, 0.1) is 6.54 Å². The van der Waals surface area contributed by atoms with Gasteiger partial charge in [0.25, 0.3) is 0 Å². The molecule has 1 amide bonds. The summed E-state index contributed by atoms with van der Waals surface area (Å²) < 4.78 is 18.1. The zero-order valence-electron chi connectivity index (χ0n) is 14.1. The molecule has 8 heteroatoms. The summed E-state index contributed by atoms with van der Waals surface area (Å²) in [6, 6.07) is 5.29. The van der Waals surface area contributed by atoms with Gasteiger partial charge in [-0.05, 0) is 37.1 Å². The van der Waals surface area contributed by atoms with Gasteiger partial charge >= 0.3 is 0 Å². The molecule has 1 aromatic carbocycles. The largest absolute Gasteiger partial charge is 0.368 e. The van der Waals surface area contributed by atoms with Gasteiger partial charge in [-0.3, -0.25) is 15.0 Å². The summed E-state index contributed by atoms with van der Waals surface area (Å²) in [5.41, 5.74) is 6.21. The second kappa shape index (κ2) is 7.71. The van der Waals surface area contributed by atoms with Gasteiger partial charge in [-0.1, -0.05) is 17.3 Å². The van der Waals surface area contributed by atoms with Gasteiger partial charge in [0, 0.05) is 19.5 Å². The smallest absolute Gasteiger partial charge is 0.239 e. The Balaban J connectivity index is 1.63. The maximum Gasteiger partial charge on any atom is 0.239 e. The average Bonchev–Trinajstić information content (AvgIpc) is 2.99. The third-order valence-electron chi connectivity index (χ3n) is 4.33. The Kier molecular flexibility index (Phi) is 5.40. The Labute approximate surface area is 145 Å². The number of aryl methyl sites for hydroxylation is 1. The molecule has 3 rings (SSSR count). The second-order valence-electron chi connectivity index (χ2n) is 6.36. The maximum absolute atomic E-state index is 13.1. The summed E-state index contributed by atoms with van der Waals surface area (Å²) in [4.78, 5) is 18.3. The van der Waals surface area contributed by atoms with E-state index in [0.29, 0.717) is 23.8 Å². The van der Waals surface area contributed by atoms with Crippen LogP contribution >= 0.6 is 0 Å². The number of nitrogens with zero attached hydrogens (tertiary/aromatic N) is 3. The Hall–Kier alpha value is -2.32. The second-order valence-corrected chi connectivity index (χ2v) is 6.36. The highest BCUT2D eigenvalue weighted by atomic mass is 19.1. The first-order valence-corrected chi connectivity index (χ1v) is 8.33. The van der Waals surface area contributed by atoms with Crippen LogP contribution in [0.25, 0.3) is 0 Å². The van der Waals surface area contributed by atoms with Crippen LogP contribution in [-0.2, 0) is 11.3 Å². The van der Waals surface area contributed by atoms with Gasteiger partial charge in [0.15, 0.2) is 5.82 Å². The van der Waals surface area contributed by atoms with Crippen molar-refractivity contribution in [2.75, 3.05) is 13.1 Å². The molecule has 7 nitrogen and oxygen atoms in total. The van der Waals surface area contributed by atoms with E-state index in [4.69, 9.17) is 10.3 Å². The zero-order chi connectivity index (χ0) is 17.8. The number of nitrogens with one attached hydrogen (secondary N) is 1. The van der Waals surface area contributed by atoms with E-state index in [0.717, 1.165) is 25.9 Å². The summed E-state index contributed by atoms with van der Waals surface area (Å²) in [6.45, 7) is 4.05. The normalized spacial score (nSPS) is 19.7. The molecule has 25 heavy (non-hydrogen) atoms. The lowest BCUT2D eigenvalue weighted by molar-refractivity contribution is -0.120. The molecule has 1 aliphatic rings. The van der Waals surface area contributed by atoms with Crippen LogP contribution in [-0.4, -0.2) is 40.1 Å². The number of primary amides is 1. The minimum Gasteiger partial charge on any atom is -0.368 e. The molecule has 3 N–H and O–H groups in total. The van der Waals surface area contributed by atoms with Crippen molar-refractivity contribution in [1.82, 2.24) is 20.4 Å². The van der Waals surface area contributed by atoms with Crippen LogP contribution in [0.15, 0.2) is 28.8 Å². The topological polar surface area (TPSA) is 97.3 Å². The minimum absolute atomic E-state index is 0.101. The van der Waals surface area contributed by atoms with E-state index in [2.05, 4.69) is 20.4 Å². The van der Waals surface area contributed by atoms with Gasteiger partial charge < -0.3 is 10.3 Å². The number of rotatable bonds is 6. The molecule has 1 saturated heterocycles. The van der Waals surface area contributed by atoms with Crippen molar-refractivity contribution in [2.45, 2.75) is 38.4 Å². The molecule has 0 unspecified atom stereocenters. The van der Waals surface area contributed by atoms with Crippen LogP contribution in [0.3, 0.4) is 0 Å². The number of nitrogens with two attached hydrogens (primary N) is 1. The number of carbonyl (C=O) groups excluding carboxylic acids is 1. The van der Waals surface area contributed by atoms with E-state index in [1.807, 2.05) is 0 Å². The molecule has 1 aromatic heterocycles. The van der Waals surface area contributed by atoms with E-state index in [1.54, 1.807) is 19.1 Å². The summed E-state index contributed by atoms with van der Waals surface area (Å²) in [5, 5.41) is 7.23. The molecule has 0 saturated carbocycles. The third-order valence-corrected chi connectivity index (χ3v) is 4.33. The number of carbonyl (C=O) groups is 1. The van der Waals surface area contributed by atoms with Crippen molar-refractivity contribution in [2.24, 2.45) is 5.73 Å². The molecule has 1 aliphatic heterocycles. The number of piperidine rings is 1. The average molecular weight is 347 g/mol. The Morgan fingerprint density at radius 2 is 2.24 bits per heavy atom. The lowest BCUT2D eigenvalue weighted by atomic mass is 10.0. The Bertz CT molecular complexity index is 718. The summed E-state index contributed by atoms with van der Waals surface area (Å²) in [6.07, 6.45) is 1.93. The molecule has 2 aromatic rings. The number of amides is 1. The van der Waals surface area contributed by atoms with Crippen molar-refractivity contribution in [1.29, 1.82) is 0 Å². The van der Waals surface area contributed by atoms with Crippen molar-refractivity contribution >= 4 is 5.91 Å². The molecule has 2 atom stereocenters. The zero-order valence-corrected chi connectivity index (χ0v) is 14.1. The van der Waals surface area contributed by atoms with Crippen LogP contribution in [0.4, 0.5) is 4.39 Å². The highest BCUT2D eigenvalue weighted by Crippen LogP contribution is 2.19.